The van der Waals surface area contributed by atoms with Crippen LogP contribution >= 0.6 is 15.9 Å². The van der Waals surface area contributed by atoms with Gasteiger partial charge in [0.15, 0.2) is 11.6 Å². The fraction of sp³-hybridized carbons (Fsp3) is 0.455. The molecule has 0 aliphatic carbocycles. The molecular formula is C11H14BrFO. The van der Waals surface area contributed by atoms with E-state index in [1.54, 1.807) is 6.07 Å². The Balaban J connectivity index is 2.76. The molecule has 0 saturated heterocycles. The first kappa shape index (κ1) is 11.5. The Bertz CT molecular complexity index is 301. The van der Waals surface area contributed by atoms with Crippen molar-refractivity contribution in [3.63, 3.8) is 0 Å². The fourth-order valence-electron chi connectivity index (χ4n) is 1.29. The van der Waals surface area contributed by atoms with Crippen molar-refractivity contribution in [1.82, 2.24) is 0 Å². The van der Waals surface area contributed by atoms with E-state index in [4.69, 9.17) is 4.74 Å². The number of hydrogen-bond donors (Lipinski definition) is 0. The monoisotopic (exact) mass is 260 g/mol. The molecule has 1 unspecified atom stereocenters. The van der Waals surface area contributed by atoms with Gasteiger partial charge < -0.3 is 4.74 Å². The molecule has 0 aliphatic rings. The molecule has 0 amide bonds. The van der Waals surface area contributed by atoms with Crippen LogP contribution in [0.25, 0.3) is 0 Å². The van der Waals surface area contributed by atoms with Gasteiger partial charge in [-0.3, -0.25) is 0 Å². The summed E-state index contributed by atoms with van der Waals surface area (Å²) in [5.41, 5.74) is 1.01. The number of methoxy groups -OCH3 is 1. The standard InChI is InChI=1S/C11H14BrFO/c1-8(7-12)5-9-3-4-11(14-2)10(13)6-9/h3-4,6,8H,5,7H2,1-2H3. The van der Waals surface area contributed by atoms with Crippen LogP contribution in [0.2, 0.25) is 0 Å². The molecule has 0 heterocycles. The summed E-state index contributed by atoms with van der Waals surface area (Å²) >= 11 is 3.40. The number of hydrogen-bond acceptors (Lipinski definition) is 1. The van der Waals surface area contributed by atoms with Crippen LogP contribution in [0, 0.1) is 11.7 Å². The van der Waals surface area contributed by atoms with E-state index in [0.29, 0.717) is 11.7 Å². The van der Waals surface area contributed by atoms with Crippen molar-refractivity contribution in [3.05, 3.63) is 29.6 Å². The predicted octanol–water partition coefficient (Wildman–Crippen LogP) is 3.41. The summed E-state index contributed by atoms with van der Waals surface area (Å²) < 4.78 is 18.1. The Hall–Kier alpha value is -0.570. The number of halogens is 2. The quantitative estimate of drug-likeness (QED) is 0.755. The number of alkyl halides is 1. The molecule has 0 spiro atoms. The smallest absolute Gasteiger partial charge is 0.165 e. The van der Waals surface area contributed by atoms with Gasteiger partial charge in [0, 0.05) is 5.33 Å². The Morgan fingerprint density at radius 2 is 2.21 bits per heavy atom. The largest absolute Gasteiger partial charge is 0.494 e. The lowest BCUT2D eigenvalue weighted by molar-refractivity contribution is 0.386. The Morgan fingerprint density at radius 1 is 1.50 bits per heavy atom. The maximum Gasteiger partial charge on any atom is 0.165 e. The molecule has 0 bridgehead atoms. The van der Waals surface area contributed by atoms with Crippen molar-refractivity contribution in [2.45, 2.75) is 13.3 Å². The lowest BCUT2D eigenvalue weighted by Crippen LogP contribution is -2.01. The summed E-state index contributed by atoms with van der Waals surface area (Å²) in [6.45, 7) is 2.12. The van der Waals surface area contributed by atoms with Gasteiger partial charge in [0.2, 0.25) is 0 Å². The minimum atomic E-state index is -0.285. The van der Waals surface area contributed by atoms with Crippen LogP contribution in [-0.2, 0) is 6.42 Å². The second-order valence-electron chi connectivity index (χ2n) is 3.43. The third kappa shape index (κ3) is 2.98. The van der Waals surface area contributed by atoms with Crippen molar-refractivity contribution in [1.29, 1.82) is 0 Å². The molecule has 14 heavy (non-hydrogen) atoms. The van der Waals surface area contributed by atoms with Crippen molar-refractivity contribution in [2.24, 2.45) is 5.92 Å². The van der Waals surface area contributed by atoms with E-state index in [1.165, 1.54) is 13.2 Å². The molecule has 1 aromatic rings. The molecule has 0 aliphatic heterocycles. The van der Waals surface area contributed by atoms with Crippen LogP contribution in [0.15, 0.2) is 18.2 Å². The van der Waals surface area contributed by atoms with Gasteiger partial charge in [0.1, 0.15) is 0 Å². The second-order valence-corrected chi connectivity index (χ2v) is 4.08. The van der Waals surface area contributed by atoms with Crippen LogP contribution in [0.5, 0.6) is 5.75 Å². The van der Waals surface area contributed by atoms with Crippen molar-refractivity contribution >= 4 is 15.9 Å². The highest BCUT2D eigenvalue weighted by atomic mass is 79.9. The molecule has 0 radical (unpaired) electrons. The average Bonchev–Trinajstić information content (AvgIpc) is 2.18. The summed E-state index contributed by atoms with van der Waals surface area (Å²) in [6.07, 6.45) is 0.881. The summed E-state index contributed by atoms with van der Waals surface area (Å²) in [5.74, 6) is 0.537. The van der Waals surface area contributed by atoms with Crippen molar-refractivity contribution in [2.75, 3.05) is 12.4 Å². The molecule has 1 rings (SSSR count). The molecule has 78 valence electrons. The van der Waals surface area contributed by atoms with Gasteiger partial charge >= 0.3 is 0 Å². The Morgan fingerprint density at radius 3 is 2.71 bits per heavy atom. The van der Waals surface area contributed by atoms with E-state index < -0.39 is 0 Å². The highest BCUT2D eigenvalue weighted by molar-refractivity contribution is 9.09. The van der Waals surface area contributed by atoms with Crippen molar-refractivity contribution in [3.8, 4) is 5.75 Å². The molecule has 3 heteroatoms. The van der Waals surface area contributed by atoms with Gasteiger partial charge in [0.25, 0.3) is 0 Å². The Labute approximate surface area is 92.4 Å². The number of rotatable bonds is 4. The summed E-state index contributed by atoms with van der Waals surface area (Å²) in [5, 5.41) is 0.931. The third-order valence-electron chi connectivity index (χ3n) is 2.06. The molecule has 1 atom stereocenters. The van der Waals surface area contributed by atoms with Crippen molar-refractivity contribution < 1.29 is 9.13 Å². The SMILES string of the molecule is COc1ccc(CC(C)CBr)cc1F. The van der Waals surface area contributed by atoms with Crippen LogP contribution in [0.3, 0.4) is 0 Å². The first-order chi connectivity index (χ1) is 6.67. The minimum Gasteiger partial charge on any atom is -0.494 e. The highest BCUT2D eigenvalue weighted by Crippen LogP contribution is 2.19. The van der Waals surface area contributed by atoms with Gasteiger partial charge in [-0.15, -0.1) is 0 Å². The van der Waals surface area contributed by atoms with Gasteiger partial charge in [-0.2, -0.15) is 0 Å². The van der Waals surface area contributed by atoms with E-state index in [9.17, 15) is 4.39 Å². The van der Waals surface area contributed by atoms with E-state index in [2.05, 4.69) is 22.9 Å². The maximum atomic E-state index is 13.3. The third-order valence-corrected chi connectivity index (χ3v) is 3.17. The fourth-order valence-corrected chi connectivity index (χ4v) is 1.52. The molecule has 0 saturated carbocycles. The van der Waals surface area contributed by atoms with E-state index in [0.717, 1.165) is 17.3 Å². The summed E-state index contributed by atoms with van der Waals surface area (Å²) in [6, 6.07) is 5.12. The minimum absolute atomic E-state index is 0.285. The molecule has 1 nitrogen and oxygen atoms in total. The first-order valence-electron chi connectivity index (χ1n) is 4.55. The topological polar surface area (TPSA) is 9.23 Å². The summed E-state index contributed by atoms with van der Waals surface area (Å²) in [4.78, 5) is 0. The number of ether oxygens (including phenoxy) is 1. The maximum absolute atomic E-state index is 13.3. The second kappa shape index (κ2) is 5.35. The lowest BCUT2D eigenvalue weighted by Gasteiger charge is -2.08. The van der Waals surface area contributed by atoms with E-state index in [1.807, 2.05) is 6.07 Å². The zero-order chi connectivity index (χ0) is 10.6. The lowest BCUT2D eigenvalue weighted by atomic mass is 10.0. The van der Waals surface area contributed by atoms with E-state index >= 15 is 0 Å². The van der Waals surface area contributed by atoms with Gasteiger partial charge in [-0.05, 0) is 30.0 Å². The Kier molecular flexibility index (Phi) is 4.39. The van der Waals surface area contributed by atoms with Gasteiger partial charge in [0.05, 0.1) is 7.11 Å². The van der Waals surface area contributed by atoms with Crippen LogP contribution in [-0.4, -0.2) is 12.4 Å². The van der Waals surface area contributed by atoms with Gasteiger partial charge in [-0.25, -0.2) is 4.39 Å². The molecule has 0 aromatic heterocycles. The van der Waals surface area contributed by atoms with Crippen LogP contribution in [0.4, 0.5) is 4.39 Å². The highest BCUT2D eigenvalue weighted by Gasteiger charge is 2.06. The zero-order valence-corrected chi connectivity index (χ0v) is 9.97. The molecule has 1 aromatic carbocycles. The summed E-state index contributed by atoms with van der Waals surface area (Å²) in [7, 11) is 1.47. The van der Waals surface area contributed by atoms with Crippen LogP contribution in [0.1, 0.15) is 12.5 Å². The molecule has 0 fully saturated rings. The zero-order valence-electron chi connectivity index (χ0n) is 8.39. The predicted molar refractivity (Wildman–Crippen MR) is 59.6 cm³/mol. The molecule has 0 N–H and O–H groups in total. The first-order valence-corrected chi connectivity index (χ1v) is 5.68. The van der Waals surface area contributed by atoms with E-state index in [-0.39, 0.29) is 5.82 Å². The van der Waals surface area contributed by atoms with Crippen LogP contribution < -0.4 is 4.74 Å². The number of benzene rings is 1. The van der Waals surface area contributed by atoms with Gasteiger partial charge in [-0.1, -0.05) is 28.9 Å². The average molecular weight is 261 g/mol. The normalized spacial score (nSPS) is 12.6. The molecular weight excluding hydrogens is 247 g/mol.